The highest BCUT2D eigenvalue weighted by molar-refractivity contribution is 5.94. The number of hydrogen-bond donors (Lipinski definition) is 1. The average Bonchev–Trinajstić information content (AvgIpc) is 3.44. The summed E-state index contributed by atoms with van der Waals surface area (Å²) in [6.07, 6.45) is 7.14. The second kappa shape index (κ2) is 7.86. The van der Waals surface area contributed by atoms with E-state index in [2.05, 4.69) is 20.5 Å². The zero-order chi connectivity index (χ0) is 20.4. The molecular weight excluding hydrogens is 370 g/mol. The standard InChI is InChI=1S/C20H23N7O2/c1-14-9-18(25(2)24-14)23-19(28)13-27-12-16(11-22-27)17-6-5-15(10-21-17)20(29)26-7-3-4-8-26/h5-6,9-12H,3-4,7-8,13H2,1-2H3,(H,23,28). The monoisotopic (exact) mass is 393 g/mol. The van der Waals surface area contributed by atoms with Gasteiger partial charge in [0.15, 0.2) is 0 Å². The van der Waals surface area contributed by atoms with Gasteiger partial charge >= 0.3 is 0 Å². The largest absolute Gasteiger partial charge is 0.339 e. The fourth-order valence-corrected chi connectivity index (χ4v) is 3.43. The van der Waals surface area contributed by atoms with Crippen molar-refractivity contribution in [2.75, 3.05) is 18.4 Å². The molecular formula is C20H23N7O2. The lowest BCUT2D eigenvalue weighted by Gasteiger charge is -2.14. The van der Waals surface area contributed by atoms with E-state index in [-0.39, 0.29) is 18.4 Å². The van der Waals surface area contributed by atoms with Crippen molar-refractivity contribution in [3.05, 3.63) is 48.0 Å². The Bertz CT molecular complexity index is 1030. The van der Waals surface area contributed by atoms with Gasteiger partial charge in [0.1, 0.15) is 12.4 Å². The summed E-state index contributed by atoms with van der Waals surface area (Å²) in [5.41, 5.74) is 2.92. The molecule has 29 heavy (non-hydrogen) atoms. The van der Waals surface area contributed by atoms with Gasteiger partial charge in [-0.15, -0.1) is 0 Å². The molecule has 4 heterocycles. The van der Waals surface area contributed by atoms with E-state index in [4.69, 9.17) is 0 Å². The summed E-state index contributed by atoms with van der Waals surface area (Å²) < 4.78 is 3.18. The number of rotatable bonds is 5. The van der Waals surface area contributed by atoms with Gasteiger partial charge < -0.3 is 10.2 Å². The number of carbonyl (C=O) groups excluding carboxylic acids is 2. The number of carbonyl (C=O) groups is 2. The van der Waals surface area contributed by atoms with Gasteiger partial charge in [-0.2, -0.15) is 10.2 Å². The van der Waals surface area contributed by atoms with Gasteiger partial charge in [-0.1, -0.05) is 0 Å². The third kappa shape index (κ3) is 4.18. The van der Waals surface area contributed by atoms with Gasteiger partial charge in [0.25, 0.3) is 5.91 Å². The van der Waals surface area contributed by atoms with Crippen LogP contribution < -0.4 is 5.32 Å². The van der Waals surface area contributed by atoms with Crippen molar-refractivity contribution in [3.63, 3.8) is 0 Å². The van der Waals surface area contributed by atoms with E-state index in [1.165, 1.54) is 0 Å². The lowest BCUT2D eigenvalue weighted by Crippen LogP contribution is -2.27. The topological polar surface area (TPSA) is 97.9 Å². The summed E-state index contributed by atoms with van der Waals surface area (Å²) in [5.74, 6) is 0.473. The van der Waals surface area contributed by atoms with E-state index in [9.17, 15) is 9.59 Å². The Morgan fingerprint density at radius 1 is 1.17 bits per heavy atom. The number of aryl methyl sites for hydroxylation is 2. The molecule has 1 N–H and O–H groups in total. The maximum absolute atomic E-state index is 12.4. The Labute approximate surface area is 168 Å². The molecule has 9 nitrogen and oxygen atoms in total. The number of aromatic nitrogens is 5. The normalized spacial score (nSPS) is 13.7. The van der Waals surface area contributed by atoms with Crippen LogP contribution in [0.3, 0.4) is 0 Å². The van der Waals surface area contributed by atoms with Crippen molar-refractivity contribution < 1.29 is 9.59 Å². The number of likely N-dealkylation sites (tertiary alicyclic amines) is 1. The summed E-state index contributed by atoms with van der Waals surface area (Å²) in [4.78, 5) is 30.9. The number of pyridine rings is 1. The molecule has 3 aromatic rings. The molecule has 0 aromatic carbocycles. The molecule has 0 radical (unpaired) electrons. The highest BCUT2D eigenvalue weighted by Gasteiger charge is 2.19. The van der Waals surface area contributed by atoms with E-state index < -0.39 is 0 Å². The first kappa shape index (κ1) is 18.9. The zero-order valence-electron chi connectivity index (χ0n) is 16.5. The van der Waals surface area contributed by atoms with Gasteiger partial charge in [-0.05, 0) is 31.9 Å². The van der Waals surface area contributed by atoms with E-state index in [0.29, 0.717) is 17.1 Å². The van der Waals surface area contributed by atoms with Crippen molar-refractivity contribution in [1.29, 1.82) is 0 Å². The summed E-state index contributed by atoms with van der Waals surface area (Å²) in [7, 11) is 1.78. The number of hydrogen-bond acceptors (Lipinski definition) is 5. The summed E-state index contributed by atoms with van der Waals surface area (Å²) in [5, 5.41) is 11.3. The van der Waals surface area contributed by atoms with E-state index in [1.54, 1.807) is 47.1 Å². The fraction of sp³-hybridized carbons (Fsp3) is 0.350. The van der Waals surface area contributed by atoms with Crippen molar-refractivity contribution in [1.82, 2.24) is 29.4 Å². The Morgan fingerprint density at radius 2 is 1.97 bits per heavy atom. The molecule has 4 rings (SSSR count). The molecule has 150 valence electrons. The molecule has 9 heteroatoms. The summed E-state index contributed by atoms with van der Waals surface area (Å²) in [6.45, 7) is 3.57. The summed E-state index contributed by atoms with van der Waals surface area (Å²) in [6, 6.07) is 5.41. The molecule has 2 amide bonds. The molecule has 0 unspecified atom stereocenters. The third-order valence-corrected chi connectivity index (χ3v) is 4.91. The highest BCUT2D eigenvalue weighted by Crippen LogP contribution is 2.18. The zero-order valence-corrected chi connectivity index (χ0v) is 16.5. The van der Waals surface area contributed by atoms with Crippen molar-refractivity contribution in [3.8, 4) is 11.3 Å². The molecule has 1 aliphatic rings. The Kier molecular flexibility index (Phi) is 5.11. The van der Waals surface area contributed by atoms with E-state index in [0.717, 1.165) is 37.2 Å². The van der Waals surface area contributed by atoms with Crippen LogP contribution in [0.5, 0.6) is 0 Å². The van der Waals surface area contributed by atoms with Gasteiger partial charge in [0.2, 0.25) is 5.91 Å². The molecule has 0 atom stereocenters. The quantitative estimate of drug-likeness (QED) is 0.714. The number of anilines is 1. The number of nitrogens with zero attached hydrogens (tertiary/aromatic N) is 6. The van der Waals surface area contributed by atoms with Crippen LogP contribution >= 0.6 is 0 Å². The van der Waals surface area contributed by atoms with Crippen LogP contribution in [-0.2, 0) is 18.4 Å². The van der Waals surface area contributed by atoms with Crippen molar-refractivity contribution >= 4 is 17.6 Å². The minimum absolute atomic E-state index is 0.0271. The second-order valence-corrected chi connectivity index (χ2v) is 7.20. The van der Waals surface area contributed by atoms with Crippen LogP contribution in [0, 0.1) is 6.92 Å². The van der Waals surface area contributed by atoms with Crippen LogP contribution in [0.25, 0.3) is 11.3 Å². The Morgan fingerprint density at radius 3 is 2.62 bits per heavy atom. The van der Waals surface area contributed by atoms with E-state index >= 15 is 0 Å². The molecule has 1 fully saturated rings. The SMILES string of the molecule is Cc1cc(NC(=O)Cn2cc(-c3ccc(C(=O)N4CCCC4)cn3)cn2)n(C)n1. The molecule has 1 saturated heterocycles. The first-order valence-corrected chi connectivity index (χ1v) is 9.58. The summed E-state index contributed by atoms with van der Waals surface area (Å²) >= 11 is 0. The Hall–Kier alpha value is -3.49. The molecule has 0 bridgehead atoms. The minimum Gasteiger partial charge on any atom is -0.339 e. The van der Waals surface area contributed by atoms with Crippen molar-refractivity contribution in [2.45, 2.75) is 26.3 Å². The third-order valence-electron chi connectivity index (χ3n) is 4.91. The second-order valence-electron chi connectivity index (χ2n) is 7.20. The highest BCUT2D eigenvalue weighted by atomic mass is 16.2. The molecule has 0 spiro atoms. The van der Waals surface area contributed by atoms with Crippen LogP contribution in [0.2, 0.25) is 0 Å². The van der Waals surface area contributed by atoms with Crippen LogP contribution in [0.15, 0.2) is 36.8 Å². The Balaban J connectivity index is 1.40. The maximum Gasteiger partial charge on any atom is 0.255 e. The van der Waals surface area contributed by atoms with Crippen molar-refractivity contribution in [2.24, 2.45) is 7.05 Å². The lowest BCUT2D eigenvalue weighted by atomic mass is 10.2. The predicted octanol–water partition coefficient (Wildman–Crippen LogP) is 1.86. The van der Waals surface area contributed by atoms with Gasteiger partial charge in [-0.3, -0.25) is 23.9 Å². The maximum atomic E-state index is 12.4. The minimum atomic E-state index is -0.192. The van der Waals surface area contributed by atoms with Gasteiger partial charge in [-0.25, -0.2) is 0 Å². The van der Waals surface area contributed by atoms with E-state index in [1.807, 2.05) is 17.9 Å². The van der Waals surface area contributed by atoms with Gasteiger partial charge in [0, 0.05) is 44.2 Å². The van der Waals surface area contributed by atoms with Crippen LogP contribution in [0.1, 0.15) is 28.9 Å². The number of amides is 2. The first-order valence-electron chi connectivity index (χ1n) is 9.58. The first-order chi connectivity index (χ1) is 14.0. The molecule has 1 aliphatic heterocycles. The smallest absolute Gasteiger partial charge is 0.255 e. The predicted molar refractivity (Wildman–Crippen MR) is 107 cm³/mol. The van der Waals surface area contributed by atoms with Gasteiger partial charge in [0.05, 0.1) is 23.1 Å². The van der Waals surface area contributed by atoms with Crippen LogP contribution in [-0.4, -0.2) is 54.3 Å². The number of nitrogens with one attached hydrogen (secondary N) is 1. The molecule has 0 aliphatic carbocycles. The lowest BCUT2D eigenvalue weighted by molar-refractivity contribution is -0.116. The van der Waals surface area contributed by atoms with Crippen LogP contribution in [0.4, 0.5) is 5.82 Å². The fourth-order valence-electron chi connectivity index (χ4n) is 3.43. The average molecular weight is 393 g/mol. The molecule has 0 saturated carbocycles. The molecule has 3 aromatic heterocycles.